The van der Waals surface area contributed by atoms with E-state index < -0.39 is 5.79 Å². The molecule has 0 aromatic carbocycles. The van der Waals surface area contributed by atoms with Crippen molar-refractivity contribution in [3.8, 4) is 0 Å². The van der Waals surface area contributed by atoms with Crippen molar-refractivity contribution in [1.82, 2.24) is 0 Å². The van der Waals surface area contributed by atoms with Crippen molar-refractivity contribution < 1.29 is 19.0 Å². The highest BCUT2D eigenvalue weighted by Gasteiger charge is 2.52. The van der Waals surface area contributed by atoms with Gasteiger partial charge < -0.3 is 14.2 Å². The topological polar surface area (TPSA) is 44.8 Å². The third-order valence-electron chi connectivity index (χ3n) is 3.30. The van der Waals surface area contributed by atoms with E-state index in [1.165, 1.54) is 7.11 Å². The molecule has 0 spiro atoms. The molecule has 2 bridgehead atoms. The van der Waals surface area contributed by atoms with Gasteiger partial charge in [-0.3, -0.25) is 4.79 Å². The molecule has 2 fully saturated rings. The smallest absolute Gasteiger partial charge is 0.311 e. The van der Waals surface area contributed by atoms with Gasteiger partial charge in [-0.1, -0.05) is 0 Å². The van der Waals surface area contributed by atoms with Crippen molar-refractivity contribution in [2.45, 2.75) is 44.5 Å². The average Bonchev–Trinajstić information content (AvgIpc) is 2.50. The van der Waals surface area contributed by atoms with E-state index >= 15 is 0 Å². The van der Waals surface area contributed by atoms with Crippen LogP contribution >= 0.6 is 0 Å². The highest BCUT2D eigenvalue weighted by atomic mass is 16.7. The summed E-state index contributed by atoms with van der Waals surface area (Å²) in [6, 6.07) is 0. The van der Waals surface area contributed by atoms with E-state index in [0.717, 1.165) is 19.3 Å². The van der Waals surface area contributed by atoms with Gasteiger partial charge in [0.25, 0.3) is 0 Å². The van der Waals surface area contributed by atoms with Gasteiger partial charge in [0.2, 0.25) is 0 Å². The Labute approximate surface area is 89.9 Å². The van der Waals surface area contributed by atoms with E-state index in [9.17, 15) is 4.79 Å². The minimum atomic E-state index is -0.503. The van der Waals surface area contributed by atoms with Crippen molar-refractivity contribution in [1.29, 1.82) is 0 Å². The third kappa shape index (κ3) is 1.88. The molecule has 2 rings (SSSR count). The van der Waals surface area contributed by atoms with Crippen LogP contribution in [0.5, 0.6) is 0 Å². The Balaban J connectivity index is 2.10. The van der Waals surface area contributed by atoms with Crippen molar-refractivity contribution in [2.24, 2.45) is 5.92 Å². The number of rotatable bonds is 3. The van der Waals surface area contributed by atoms with Gasteiger partial charge in [0.05, 0.1) is 19.1 Å². The second kappa shape index (κ2) is 4.10. The normalized spacial score (nSPS) is 39.1. The van der Waals surface area contributed by atoms with E-state index in [1.54, 1.807) is 0 Å². The fourth-order valence-electron chi connectivity index (χ4n) is 2.68. The van der Waals surface area contributed by atoms with E-state index in [4.69, 9.17) is 14.2 Å². The van der Waals surface area contributed by atoms with Gasteiger partial charge in [-0.15, -0.1) is 0 Å². The van der Waals surface area contributed by atoms with Crippen LogP contribution in [0.2, 0.25) is 0 Å². The molecule has 2 heterocycles. The minimum Gasteiger partial charge on any atom is -0.469 e. The monoisotopic (exact) mass is 214 g/mol. The van der Waals surface area contributed by atoms with Gasteiger partial charge in [0, 0.05) is 19.4 Å². The molecule has 0 aliphatic carbocycles. The van der Waals surface area contributed by atoms with Crippen LogP contribution in [0.1, 0.15) is 32.6 Å². The fourth-order valence-corrected chi connectivity index (χ4v) is 2.68. The first-order valence-corrected chi connectivity index (χ1v) is 5.60. The van der Waals surface area contributed by atoms with Crippen molar-refractivity contribution in [3.05, 3.63) is 0 Å². The fraction of sp³-hybridized carbons (Fsp3) is 0.909. The third-order valence-corrected chi connectivity index (χ3v) is 3.30. The summed E-state index contributed by atoms with van der Waals surface area (Å²) in [6.45, 7) is 2.58. The molecule has 0 N–H and O–H groups in total. The lowest BCUT2D eigenvalue weighted by molar-refractivity contribution is -0.244. The predicted octanol–water partition coefficient (Wildman–Crippen LogP) is 1.48. The molecule has 2 aliphatic heterocycles. The second-order valence-electron chi connectivity index (χ2n) is 4.23. The molecule has 2 aliphatic rings. The number of esters is 1. The van der Waals surface area contributed by atoms with Crippen LogP contribution in [0.25, 0.3) is 0 Å². The largest absolute Gasteiger partial charge is 0.469 e. The van der Waals surface area contributed by atoms with Crippen LogP contribution in [-0.2, 0) is 19.0 Å². The molecule has 4 nitrogen and oxygen atoms in total. The summed E-state index contributed by atoms with van der Waals surface area (Å²) in [5.74, 6) is -0.802. The summed E-state index contributed by atoms with van der Waals surface area (Å²) in [5, 5.41) is 0. The Morgan fingerprint density at radius 3 is 3.07 bits per heavy atom. The summed E-state index contributed by atoms with van der Waals surface area (Å²) in [4.78, 5) is 11.5. The van der Waals surface area contributed by atoms with Crippen LogP contribution in [0.3, 0.4) is 0 Å². The maximum Gasteiger partial charge on any atom is 0.311 e. The number of methoxy groups -OCH3 is 1. The van der Waals surface area contributed by atoms with Crippen LogP contribution in [-0.4, -0.2) is 31.6 Å². The average molecular weight is 214 g/mol. The molecular formula is C11H18O4. The number of fused-ring (bicyclic) bond motifs is 2. The molecule has 2 saturated heterocycles. The highest BCUT2D eigenvalue weighted by Crippen LogP contribution is 2.45. The lowest BCUT2D eigenvalue weighted by Gasteiger charge is -2.32. The second-order valence-corrected chi connectivity index (χ2v) is 4.23. The molecule has 0 saturated carbocycles. The Bertz CT molecular complexity index is 249. The number of hydrogen-bond donors (Lipinski definition) is 0. The Morgan fingerprint density at radius 1 is 1.60 bits per heavy atom. The van der Waals surface area contributed by atoms with Gasteiger partial charge in [0.1, 0.15) is 0 Å². The van der Waals surface area contributed by atoms with Crippen LogP contribution in [0, 0.1) is 5.92 Å². The minimum absolute atomic E-state index is 0.00208. The SMILES string of the molecule is CCOC12CCCC(O1)C(C(=O)OC)C2. The molecule has 15 heavy (non-hydrogen) atoms. The summed E-state index contributed by atoms with van der Waals surface area (Å²) in [5.41, 5.74) is 0. The predicted molar refractivity (Wildman–Crippen MR) is 53.2 cm³/mol. The van der Waals surface area contributed by atoms with Gasteiger partial charge in [-0.2, -0.15) is 0 Å². The molecule has 0 aromatic rings. The first-order chi connectivity index (χ1) is 7.21. The zero-order chi connectivity index (χ0) is 10.9. The Kier molecular flexibility index (Phi) is 2.98. The molecule has 3 unspecified atom stereocenters. The van der Waals surface area contributed by atoms with Crippen LogP contribution in [0.4, 0.5) is 0 Å². The summed E-state index contributed by atoms with van der Waals surface area (Å²) < 4.78 is 16.3. The quantitative estimate of drug-likeness (QED) is 0.667. The first kappa shape index (κ1) is 10.9. The molecule has 4 heteroatoms. The lowest BCUT2D eigenvalue weighted by atomic mass is 9.99. The zero-order valence-electron chi connectivity index (χ0n) is 9.32. The highest BCUT2D eigenvalue weighted by molar-refractivity contribution is 5.73. The van der Waals surface area contributed by atoms with Crippen LogP contribution in [0.15, 0.2) is 0 Å². The molecule has 0 radical (unpaired) electrons. The maximum atomic E-state index is 11.5. The first-order valence-electron chi connectivity index (χ1n) is 5.60. The van der Waals surface area contributed by atoms with Crippen molar-refractivity contribution >= 4 is 5.97 Å². The zero-order valence-corrected chi connectivity index (χ0v) is 9.32. The number of ether oxygens (including phenoxy) is 3. The number of carbonyl (C=O) groups excluding carboxylic acids is 1. The Hall–Kier alpha value is -0.610. The summed E-state index contributed by atoms with van der Waals surface area (Å²) in [7, 11) is 1.43. The van der Waals surface area contributed by atoms with E-state index in [2.05, 4.69) is 0 Å². The van der Waals surface area contributed by atoms with Crippen molar-refractivity contribution in [3.63, 3.8) is 0 Å². The number of hydrogen-bond acceptors (Lipinski definition) is 4. The van der Waals surface area contributed by atoms with Gasteiger partial charge in [-0.25, -0.2) is 0 Å². The van der Waals surface area contributed by atoms with Crippen LogP contribution < -0.4 is 0 Å². The van der Waals surface area contributed by atoms with E-state index in [-0.39, 0.29) is 18.0 Å². The Morgan fingerprint density at radius 2 is 2.40 bits per heavy atom. The molecule has 3 atom stereocenters. The molecule has 0 amide bonds. The standard InChI is InChI=1S/C11H18O4/c1-3-14-11-6-4-5-9(15-11)8(7-11)10(12)13-2/h8-9H,3-7H2,1-2H3. The summed E-state index contributed by atoms with van der Waals surface area (Å²) >= 11 is 0. The summed E-state index contributed by atoms with van der Waals surface area (Å²) in [6.07, 6.45) is 3.55. The lowest BCUT2D eigenvalue weighted by Crippen LogP contribution is -2.35. The van der Waals surface area contributed by atoms with Gasteiger partial charge >= 0.3 is 5.97 Å². The van der Waals surface area contributed by atoms with Gasteiger partial charge in [-0.05, 0) is 19.8 Å². The van der Waals surface area contributed by atoms with Crippen molar-refractivity contribution in [2.75, 3.05) is 13.7 Å². The van der Waals surface area contributed by atoms with E-state index in [0.29, 0.717) is 13.0 Å². The van der Waals surface area contributed by atoms with Gasteiger partial charge in [0.15, 0.2) is 5.79 Å². The van der Waals surface area contributed by atoms with E-state index in [1.807, 2.05) is 6.92 Å². The molecular weight excluding hydrogens is 196 g/mol. The molecule has 86 valence electrons. The molecule has 0 aromatic heterocycles. The maximum absolute atomic E-state index is 11.5. The number of carbonyl (C=O) groups is 1.